The molecule has 0 bridgehead atoms. The Hall–Kier alpha value is -2.27. The van der Waals surface area contributed by atoms with E-state index in [1.165, 1.54) is 0 Å². The first-order valence-corrected chi connectivity index (χ1v) is 10.2. The van der Waals surface area contributed by atoms with E-state index in [1.54, 1.807) is 11.8 Å². The molecule has 2 aromatic rings. The number of hydrogen-bond donors (Lipinski definition) is 0. The number of nitrogens with zero attached hydrogens (tertiary/aromatic N) is 2. The molecule has 3 rings (SSSR count). The highest BCUT2D eigenvalue weighted by Crippen LogP contribution is 2.33. The zero-order chi connectivity index (χ0) is 19.3. The zero-order valence-electron chi connectivity index (χ0n) is 16.1. The third kappa shape index (κ3) is 5.13. The number of aryl methyl sites for hydroxylation is 1. The van der Waals surface area contributed by atoms with Crippen LogP contribution >= 0.6 is 11.8 Å². The van der Waals surface area contributed by atoms with Gasteiger partial charge in [-0.2, -0.15) is 0 Å². The molecule has 0 spiro atoms. The second-order valence-electron chi connectivity index (χ2n) is 7.33. The summed E-state index contributed by atoms with van der Waals surface area (Å²) in [5.74, 6) is 1.71. The monoisotopic (exact) mass is 382 g/mol. The Kier molecular flexibility index (Phi) is 6.22. The number of amidine groups is 1. The Labute approximate surface area is 165 Å². The molecule has 2 aromatic carbocycles. The average Bonchev–Trinajstić information content (AvgIpc) is 2.95. The van der Waals surface area contributed by atoms with Gasteiger partial charge in [-0.15, -0.1) is 0 Å². The molecular weight excluding hydrogens is 356 g/mol. The molecule has 142 valence electrons. The van der Waals surface area contributed by atoms with Crippen molar-refractivity contribution in [2.45, 2.75) is 39.3 Å². The maximum absolute atomic E-state index is 12.9. The van der Waals surface area contributed by atoms with Crippen molar-refractivity contribution in [3.63, 3.8) is 0 Å². The van der Waals surface area contributed by atoms with E-state index in [1.807, 2.05) is 54.3 Å². The lowest BCUT2D eigenvalue weighted by molar-refractivity contribution is -0.130. The van der Waals surface area contributed by atoms with Gasteiger partial charge in [-0.25, -0.2) is 0 Å². The summed E-state index contributed by atoms with van der Waals surface area (Å²) in [5.41, 5.74) is 2.05. The minimum Gasteiger partial charge on any atom is -0.493 e. The SMILES string of the molecule is Cc1cccc(OCCC(=O)N2C(=NCc3ccccc3)SCC2(C)C)c1. The van der Waals surface area contributed by atoms with Gasteiger partial charge >= 0.3 is 0 Å². The van der Waals surface area contributed by atoms with Gasteiger partial charge in [-0.1, -0.05) is 54.2 Å². The third-order valence-electron chi connectivity index (χ3n) is 4.41. The summed E-state index contributed by atoms with van der Waals surface area (Å²) in [5, 5.41) is 0.810. The molecule has 0 aliphatic carbocycles. The van der Waals surface area contributed by atoms with Gasteiger partial charge in [0, 0.05) is 5.75 Å². The maximum Gasteiger partial charge on any atom is 0.232 e. The van der Waals surface area contributed by atoms with Gasteiger partial charge in [0.05, 0.1) is 25.1 Å². The van der Waals surface area contributed by atoms with Crippen LogP contribution in [0.25, 0.3) is 0 Å². The fourth-order valence-corrected chi connectivity index (χ4v) is 4.25. The Morgan fingerprint density at radius 3 is 2.70 bits per heavy atom. The van der Waals surface area contributed by atoms with Crippen LogP contribution in [0.15, 0.2) is 59.6 Å². The molecule has 0 radical (unpaired) electrons. The van der Waals surface area contributed by atoms with Crippen LogP contribution in [-0.4, -0.2) is 33.9 Å². The largest absolute Gasteiger partial charge is 0.493 e. The number of carbonyl (C=O) groups is 1. The summed E-state index contributed by atoms with van der Waals surface area (Å²) in [6, 6.07) is 18.0. The summed E-state index contributed by atoms with van der Waals surface area (Å²) >= 11 is 1.65. The van der Waals surface area contributed by atoms with Gasteiger partial charge in [0.1, 0.15) is 5.75 Å². The number of carbonyl (C=O) groups excluding carboxylic acids is 1. The molecule has 0 unspecified atom stereocenters. The van der Waals surface area contributed by atoms with Crippen molar-refractivity contribution in [1.29, 1.82) is 0 Å². The number of hydrogen-bond acceptors (Lipinski definition) is 4. The number of rotatable bonds is 6. The third-order valence-corrected chi connectivity index (χ3v) is 5.84. The van der Waals surface area contributed by atoms with Crippen molar-refractivity contribution in [2.24, 2.45) is 4.99 Å². The first-order valence-electron chi connectivity index (χ1n) is 9.19. The van der Waals surface area contributed by atoms with E-state index in [0.29, 0.717) is 19.6 Å². The van der Waals surface area contributed by atoms with E-state index in [4.69, 9.17) is 9.73 Å². The molecule has 1 aliphatic rings. The number of thioether (sulfide) groups is 1. The summed E-state index contributed by atoms with van der Waals surface area (Å²) in [7, 11) is 0. The van der Waals surface area contributed by atoms with Crippen LogP contribution in [0, 0.1) is 6.92 Å². The highest BCUT2D eigenvalue weighted by Gasteiger charge is 2.40. The standard InChI is InChI=1S/C22H26N2O2S/c1-17-8-7-11-19(14-17)26-13-12-20(25)24-21(27-16-22(24,2)3)23-15-18-9-5-4-6-10-18/h4-11,14H,12-13,15-16H2,1-3H3. The van der Waals surface area contributed by atoms with Gasteiger partial charge in [-0.3, -0.25) is 14.7 Å². The lowest BCUT2D eigenvalue weighted by atomic mass is 10.1. The van der Waals surface area contributed by atoms with Crippen LogP contribution in [-0.2, 0) is 11.3 Å². The fourth-order valence-electron chi connectivity index (χ4n) is 3.01. The van der Waals surface area contributed by atoms with Crippen molar-refractivity contribution in [3.8, 4) is 5.75 Å². The maximum atomic E-state index is 12.9. The van der Waals surface area contributed by atoms with Crippen molar-refractivity contribution in [3.05, 3.63) is 65.7 Å². The first kappa shape index (κ1) is 19.5. The van der Waals surface area contributed by atoms with Gasteiger partial charge in [0.2, 0.25) is 5.91 Å². The predicted octanol–water partition coefficient (Wildman–Crippen LogP) is 4.67. The van der Waals surface area contributed by atoms with Crippen LogP contribution in [0.5, 0.6) is 5.75 Å². The number of benzene rings is 2. The smallest absolute Gasteiger partial charge is 0.232 e. The Morgan fingerprint density at radius 2 is 1.96 bits per heavy atom. The Bertz CT molecular complexity index is 818. The molecule has 0 N–H and O–H groups in total. The molecule has 1 aliphatic heterocycles. The topological polar surface area (TPSA) is 41.9 Å². The van der Waals surface area contributed by atoms with Crippen molar-refractivity contribution < 1.29 is 9.53 Å². The highest BCUT2D eigenvalue weighted by atomic mass is 32.2. The second-order valence-corrected chi connectivity index (χ2v) is 8.27. The molecular formula is C22H26N2O2S. The molecule has 1 saturated heterocycles. The summed E-state index contributed by atoms with van der Waals surface area (Å²) < 4.78 is 5.76. The van der Waals surface area contributed by atoms with E-state index in [2.05, 4.69) is 26.0 Å². The molecule has 1 fully saturated rings. The molecule has 27 heavy (non-hydrogen) atoms. The number of aliphatic imine (C=N–C) groups is 1. The van der Waals surface area contributed by atoms with E-state index in [-0.39, 0.29) is 11.4 Å². The average molecular weight is 383 g/mol. The molecule has 1 heterocycles. The van der Waals surface area contributed by atoms with Gasteiger partial charge in [0.25, 0.3) is 0 Å². The van der Waals surface area contributed by atoms with Crippen LogP contribution in [0.2, 0.25) is 0 Å². The van der Waals surface area contributed by atoms with Gasteiger partial charge in [0.15, 0.2) is 5.17 Å². The number of ether oxygens (including phenoxy) is 1. The van der Waals surface area contributed by atoms with Crippen LogP contribution in [0.4, 0.5) is 0 Å². The van der Waals surface area contributed by atoms with E-state index in [9.17, 15) is 4.79 Å². The summed E-state index contributed by atoms with van der Waals surface area (Å²) in [4.78, 5) is 19.5. The molecule has 0 atom stereocenters. The fraction of sp³-hybridized carbons (Fsp3) is 0.364. The minimum atomic E-state index is -0.236. The Morgan fingerprint density at radius 1 is 1.19 bits per heavy atom. The lowest BCUT2D eigenvalue weighted by Crippen LogP contribution is -2.46. The van der Waals surface area contributed by atoms with Crippen molar-refractivity contribution >= 4 is 22.8 Å². The summed E-state index contributed by atoms with van der Waals surface area (Å²) in [6.07, 6.45) is 0.336. The van der Waals surface area contributed by atoms with Crippen molar-refractivity contribution in [1.82, 2.24) is 4.90 Å². The van der Waals surface area contributed by atoms with Crippen LogP contribution in [0.3, 0.4) is 0 Å². The van der Waals surface area contributed by atoms with Crippen LogP contribution < -0.4 is 4.74 Å². The molecule has 0 aromatic heterocycles. The number of amides is 1. The zero-order valence-corrected chi connectivity index (χ0v) is 17.0. The Balaban J connectivity index is 1.62. The second kappa shape index (κ2) is 8.61. The van der Waals surface area contributed by atoms with Gasteiger partial charge < -0.3 is 4.74 Å². The molecule has 5 heteroatoms. The first-order chi connectivity index (χ1) is 13.0. The van der Waals surface area contributed by atoms with E-state index < -0.39 is 0 Å². The minimum absolute atomic E-state index is 0.0597. The van der Waals surface area contributed by atoms with Crippen LogP contribution in [0.1, 0.15) is 31.4 Å². The van der Waals surface area contributed by atoms with Crippen molar-refractivity contribution in [2.75, 3.05) is 12.4 Å². The quantitative estimate of drug-likeness (QED) is 0.729. The highest BCUT2D eigenvalue weighted by molar-refractivity contribution is 8.14. The van der Waals surface area contributed by atoms with E-state index in [0.717, 1.165) is 27.8 Å². The molecule has 1 amide bonds. The molecule has 4 nitrogen and oxygen atoms in total. The predicted molar refractivity (Wildman–Crippen MR) is 112 cm³/mol. The lowest BCUT2D eigenvalue weighted by Gasteiger charge is -2.30. The van der Waals surface area contributed by atoms with Gasteiger partial charge in [-0.05, 0) is 44.0 Å². The summed E-state index contributed by atoms with van der Waals surface area (Å²) in [6.45, 7) is 7.15. The normalized spacial score (nSPS) is 17.3. The molecule has 0 saturated carbocycles. The van der Waals surface area contributed by atoms with E-state index >= 15 is 0 Å².